The molecule has 0 unspecified atom stereocenters. The number of hydrogen-bond donors (Lipinski definition) is 0. The maximum Gasteiger partial charge on any atom is 0.195 e. The fourth-order valence-electron chi connectivity index (χ4n) is 2.35. The number of rotatable bonds is 3. The van der Waals surface area contributed by atoms with E-state index in [2.05, 4.69) is 56.2 Å². The first-order valence-corrected chi connectivity index (χ1v) is 7.75. The molecule has 0 N–H and O–H groups in total. The van der Waals surface area contributed by atoms with Gasteiger partial charge in [0.1, 0.15) is 0 Å². The van der Waals surface area contributed by atoms with Crippen LogP contribution in [0.5, 0.6) is 0 Å². The summed E-state index contributed by atoms with van der Waals surface area (Å²) in [5.74, 6) is 1.06. The second-order valence-electron chi connectivity index (χ2n) is 5.60. The highest BCUT2D eigenvalue weighted by atomic mass is 32.2. The molecule has 5 heteroatoms. The van der Waals surface area contributed by atoms with Crippen molar-refractivity contribution >= 4 is 17.7 Å². The van der Waals surface area contributed by atoms with E-state index in [0.29, 0.717) is 4.75 Å². The fourth-order valence-corrected chi connectivity index (χ4v) is 3.13. The molecular weight excluding hydrogens is 244 g/mol. The molecule has 106 valence electrons. The first kappa shape index (κ1) is 15.6. The van der Waals surface area contributed by atoms with E-state index >= 15 is 0 Å². The molecule has 1 fully saturated rings. The highest BCUT2D eigenvalue weighted by Gasteiger charge is 2.32. The summed E-state index contributed by atoms with van der Waals surface area (Å²) in [4.78, 5) is 11.4. The molecule has 1 aliphatic heterocycles. The minimum absolute atomic E-state index is 0.337. The van der Waals surface area contributed by atoms with E-state index in [9.17, 15) is 0 Å². The second kappa shape index (κ2) is 6.66. The summed E-state index contributed by atoms with van der Waals surface area (Å²) in [5.41, 5.74) is 0. The number of guanidine groups is 1. The summed E-state index contributed by atoms with van der Waals surface area (Å²) in [6.07, 6.45) is 4.70. The number of aliphatic imine (C=N–C) groups is 1. The molecule has 1 heterocycles. The van der Waals surface area contributed by atoms with Crippen LogP contribution in [0, 0.1) is 0 Å². The van der Waals surface area contributed by atoms with Crippen molar-refractivity contribution in [3.05, 3.63) is 0 Å². The third-order valence-electron chi connectivity index (χ3n) is 3.64. The van der Waals surface area contributed by atoms with Gasteiger partial charge < -0.3 is 14.7 Å². The zero-order valence-corrected chi connectivity index (χ0v) is 13.5. The van der Waals surface area contributed by atoms with Crippen molar-refractivity contribution in [2.24, 2.45) is 4.99 Å². The van der Waals surface area contributed by atoms with E-state index in [1.807, 2.05) is 11.8 Å². The Kier molecular flexibility index (Phi) is 5.79. The molecule has 0 bridgehead atoms. The largest absolute Gasteiger partial charge is 0.349 e. The smallest absolute Gasteiger partial charge is 0.195 e. The molecule has 0 saturated carbocycles. The lowest BCUT2D eigenvalue weighted by atomic mass is 9.96. The Hall–Kier alpha value is -0.420. The van der Waals surface area contributed by atoms with Crippen LogP contribution in [0.25, 0.3) is 0 Å². The van der Waals surface area contributed by atoms with E-state index < -0.39 is 0 Å². The first-order chi connectivity index (χ1) is 8.40. The van der Waals surface area contributed by atoms with Crippen LogP contribution in [0.4, 0.5) is 0 Å². The van der Waals surface area contributed by atoms with Crippen molar-refractivity contribution in [2.45, 2.75) is 17.6 Å². The standard InChI is InChI=1S/C13H28N4S/c1-15(2)12(16(3)4)14-11-13(18-6)7-9-17(5)10-8-13/h7-11H2,1-6H3. The monoisotopic (exact) mass is 272 g/mol. The van der Waals surface area contributed by atoms with E-state index in [1.165, 1.54) is 25.9 Å². The van der Waals surface area contributed by atoms with Crippen LogP contribution < -0.4 is 0 Å². The second-order valence-corrected chi connectivity index (χ2v) is 6.87. The maximum absolute atomic E-state index is 4.84. The Bertz CT molecular complexity index is 271. The Morgan fingerprint density at radius 3 is 2.06 bits per heavy atom. The minimum Gasteiger partial charge on any atom is -0.349 e. The molecule has 0 amide bonds. The van der Waals surface area contributed by atoms with Crippen LogP contribution in [0.1, 0.15) is 12.8 Å². The van der Waals surface area contributed by atoms with Crippen molar-refractivity contribution in [1.29, 1.82) is 0 Å². The summed E-state index contributed by atoms with van der Waals surface area (Å²) in [6, 6.07) is 0. The van der Waals surface area contributed by atoms with Crippen molar-refractivity contribution in [3.63, 3.8) is 0 Å². The Morgan fingerprint density at radius 1 is 1.17 bits per heavy atom. The van der Waals surface area contributed by atoms with Gasteiger partial charge >= 0.3 is 0 Å². The molecule has 1 rings (SSSR count). The van der Waals surface area contributed by atoms with Gasteiger partial charge in [0.05, 0.1) is 6.54 Å². The number of thioether (sulfide) groups is 1. The van der Waals surface area contributed by atoms with Gasteiger partial charge in [0.2, 0.25) is 0 Å². The molecule has 1 aliphatic rings. The lowest BCUT2D eigenvalue weighted by Gasteiger charge is -2.39. The lowest BCUT2D eigenvalue weighted by Crippen LogP contribution is -2.44. The average Bonchev–Trinajstić information content (AvgIpc) is 2.31. The van der Waals surface area contributed by atoms with Gasteiger partial charge in [-0.05, 0) is 39.2 Å². The average molecular weight is 272 g/mol. The topological polar surface area (TPSA) is 22.1 Å². The molecule has 4 nitrogen and oxygen atoms in total. The van der Waals surface area contributed by atoms with Gasteiger partial charge in [0.25, 0.3) is 0 Å². The molecule has 0 aromatic heterocycles. The molecule has 0 spiro atoms. The molecular formula is C13H28N4S. The van der Waals surface area contributed by atoms with Crippen LogP contribution in [-0.4, -0.2) is 86.5 Å². The summed E-state index contributed by atoms with van der Waals surface area (Å²) in [5, 5.41) is 0. The van der Waals surface area contributed by atoms with Crippen LogP contribution in [0.15, 0.2) is 4.99 Å². The third-order valence-corrected chi connectivity index (χ3v) is 5.04. The zero-order valence-electron chi connectivity index (χ0n) is 12.7. The van der Waals surface area contributed by atoms with E-state index in [1.54, 1.807) is 0 Å². The SMILES string of the molecule is CSC1(CN=C(N(C)C)N(C)C)CCN(C)CC1. The number of nitrogens with zero attached hydrogens (tertiary/aromatic N) is 4. The molecule has 1 saturated heterocycles. The van der Waals surface area contributed by atoms with Crippen molar-refractivity contribution in [1.82, 2.24) is 14.7 Å². The predicted molar refractivity (Wildman–Crippen MR) is 82.7 cm³/mol. The normalized spacial score (nSPS) is 19.4. The van der Waals surface area contributed by atoms with Gasteiger partial charge in [-0.3, -0.25) is 4.99 Å². The molecule has 0 radical (unpaired) electrons. The quantitative estimate of drug-likeness (QED) is 0.570. The number of likely N-dealkylation sites (tertiary alicyclic amines) is 1. The van der Waals surface area contributed by atoms with Gasteiger partial charge in [-0.2, -0.15) is 11.8 Å². The van der Waals surface area contributed by atoms with Crippen LogP contribution >= 0.6 is 11.8 Å². The Balaban J connectivity index is 2.71. The summed E-state index contributed by atoms with van der Waals surface area (Å²) < 4.78 is 0.337. The highest BCUT2D eigenvalue weighted by Crippen LogP contribution is 2.34. The van der Waals surface area contributed by atoms with Crippen molar-refractivity contribution in [3.8, 4) is 0 Å². The molecule has 0 aromatic carbocycles. The van der Waals surface area contributed by atoms with E-state index in [-0.39, 0.29) is 0 Å². The van der Waals surface area contributed by atoms with Gasteiger partial charge in [-0.1, -0.05) is 0 Å². The summed E-state index contributed by atoms with van der Waals surface area (Å²) in [6.45, 7) is 3.30. The van der Waals surface area contributed by atoms with Crippen LogP contribution in [0.2, 0.25) is 0 Å². The lowest BCUT2D eigenvalue weighted by molar-refractivity contribution is 0.241. The van der Waals surface area contributed by atoms with E-state index in [0.717, 1.165) is 12.5 Å². The number of hydrogen-bond acceptors (Lipinski definition) is 3. The summed E-state index contributed by atoms with van der Waals surface area (Å²) >= 11 is 1.99. The molecule has 18 heavy (non-hydrogen) atoms. The van der Waals surface area contributed by atoms with Gasteiger partial charge in [-0.25, -0.2) is 0 Å². The first-order valence-electron chi connectivity index (χ1n) is 6.53. The van der Waals surface area contributed by atoms with Crippen molar-refractivity contribution in [2.75, 3.05) is 61.1 Å². The minimum atomic E-state index is 0.337. The van der Waals surface area contributed by atoms with Gasteiger partial charge in [0, 0.05) is 32.9 Å². The van der Waals surface area contributed by atoms with Gasteiger partial charge in [0.15, 0.2) is 5.96 Å². The summed E-state index contributed by atoms with van der Waals surface area (Å²) in [7, 11) is 10.4. The van der Waals surface area contributed by atoms with Crippen molar-refractivity contribution < 1.29 is 0 Å². The molecule has 0 aromatic rings. The zero-order chi connectivity index (χ0) is 13.8. The molecule has 0 aliphatic carbocycles. The maximum atomic E-state index is 4.84. The van der Waals surface area contributed by atoms with Crippen LogP contribution in [-0.2, 0) is 0 Å². The molecule has 0 atom stereocenters. The van der Waals surface area contributed by atoms with Crippen LogP contribution in [0.3, 0.4) is 0 Å². The Labute approximate surface area is 116 Å². The highest BCUT2D eigenvalue weighted by molar-refractivity contribution is 8.00. The van der Waals surface area contributed by atoms with E-state index in [4.69, 9.17) is 4.99 Å². The third kappa shape index (κ3) is 4.05. The number of piperidine rings is 1. The predicted octanol–water partition coefficient (Wildman–Crippen LogP) is 1.29. The fraction of sp³-hybridized carbons (Fsp3) is 0.923. The Morgan fingerprint density at radius 2 is 1.67 bits per heavy atom. The van der Waals surface area contributed by atoms with Gasteiger partial charge in [-0.15, -0.1) is 0 Å².